The maximum Gasteiger partial charge on any atom is 0.231 e. The van der Waals surface area contributed by atoms with E-state index in [-0.39, 0.29) is 0 Å². The highest BCUT2D eigenvalue weighted by atomic mass is 16.7. The van der Waals surface area contributed by atoms with Crippen LogP contribution >= 0.6 is 0 Å². The summed E-state index contributed by atoms with van der Waals surface area (Å²) in [6, 6.07) is 6.73. The van der Waals surface area contributed by atoms with Gasteiger partial charge in [0, 0.05) is 18.2 Å². The van der Waals surface area contributed by atoms with E-state index in [1.54, 1.807) is 0 Å². The number of para-hydroxylation sites is 1. The molecule has 1 aromatic rings. The van der Waals surface area contributed by atoms with Gasteiger partial charge in [-0.2, -0.15) is 0 Å². The van der Waals surface area contributed by atoms with Gasteiger partial charge < -0.3 is 14.8 Å². The highest BCUT2D eigenvalue weighted by Crippen LogP contribution is 2.35. The Morgan fingerprint density at radius 2 is 2.05 bits per heavy atom. The fourth-order valence-electron chi connectivity index (χ4n) is 2.53. The van der Waals surface area contributed by atoms with Crippen molar-refractivity contribution in [3.8, 4) is 11.5 Å². The van der Waals surface area contributed by atoms with Gasteiger partial charge in [-0.1, -0.05) is 45.2 Å². The van der Waals surface area contributed by atoms with Crippen molar-refractivity contribution in [2.75, 3.05) is 6.79 Å². The molecule has 2 rings (SSSR count). The summed E-state index contributed by atoms with van der Waals surface area (Å²) < 4.78 is 10.9. The zero-order valence-corrected chi connectivity index (χ0v) is 12.1. The molecule has 0 bridgehead atoms. The Labute approximate surface area is 116 Å². The molecule has 1 N–H and O–H groups in total. The second kappa shape index (κ2) is 7.39. The van der Waals surface area contributed by atoms with Gasteiger partial charge in [0.25, 0.3) is 0 Å². The third-order valence-electron chi connectivity index (χ3n) is 3.60. The van der Waals surface area contributed by atoms with E-state index < -0.39 is 0 Å². The lowest BCUT2D eigenvalue weighted by molar-refractivity contribution is 0.173. The lowest BCUT2D eigenvalue weighted by atomic mass is 10.0. The minimum Gasteiger partial charge on any atom is -0.454 e. The van der Waals surface area contributed by atoms with Gasteiger partial charge in [0.1, 0.15) is 0 Å². The third kappa shape index (κ3) is 3.87. The second-order valence-corrected chi connectivity index (χ2v) is 5.16. The first kappa shape index (κ1) is 14.2. The summed E-state index contributed by atoms with van der Waals surface area (Å²) in [5.74, 6) is 1.79. The molecule has 1 aliphatic rings. The fourth-order valence-corrected chi connectivity index (χ4v) is 2.53. The van der Waals surface area contributed by atoms with Gasteiger partial charge in [0.2, 0.25) is 6.79 Å². The van der Waals surface area contributed by atoms with Crippen molar-refractivity contribution in [2.45, 2.75) is 58.5 Å². The monoisotopic (exact) mass is 263 g/mol. The Kier molecular flexibility index (Phi) is 5.52. The maximum absolute atomic E-state index is 5.54. The topological polar surface area (TPSA) is 30.5 Å². The van der Waals surface area contributed by atoms with Crippen LogP contribution in [0.5, 0.6) is 11.5 Å². The van der Waals surface area contributed by atoms with Gasteiger partial charge in [-0.25, -0.2) is 0 Å². The first-order valence-electron chi connectivity index (χ1n) is 7.46. The minimum atomic E-state index is 0.348. The standard InChI is InChI=1S/C16H25NO2/c1-3-5-9-14(7-4-2)17-11-13-8-6-10-15-16(13)19-12-18-15/h6,8,10,14,17H,3-5,7,9,11-12H2,1-2H3. The minimum absolute atomic E-state index is 0.348. The predicted octanol–water partition coefficient (Wildman–Crippen LogP) is 3.86. The van der Waals surface area contributed by atoms with Crippen molar-refractivity contribution >= 4 is 0 Å². The van der Waals surface area contributed by atoms with Gasteiger partial charge >= 0.3 is 0 Å². The molecule has 0 saturated heterocycles. The highest BCUT2D eigenvalue weighted by molar-refractivity contribution is 5.48. The number of hydrogen-bond acceptors (Lipinski definition) is 3. The molecule has 0 saturated carbocycles. The molecule has 0 radical (unpaired) electrons. The van der Waals surface area contributed by atoms with Crippen LogP contribution in [0.2, 0.25) is 0 Å². The average Bonchev–Trinajstić information content (AvgIpc) is 2.90. The Morgan fingerprint density at radius 3 is 2.84 bits per heavy atom. The molecule has 0 amide bonds. The molecule has 1 atom stereocenters. The van der Waals surface area contributed by atoms with Crippen LogP contribution in [-0.2, 0) is 6.54 Å². The fraction of sp³-hybridized carbons (Fsp3) is 0.625. The lowest BCUT2D eigenvalue weighted by Crippen LogP contribution is -2.28. The van der Waals surface area contributed by atoms with Gasteiger partial charge in [0.05, 0.1) is 0 Å². The Morgan fingerprint density at radius 1 is 1.16 bits per heavy atom. The van der Waals surface area contributed by atoms with Crippen LogP contribution < -0.4 is 14.8 Å². The van der Waals surface area contributed by atoms with Gasteiger partial charge in [-0.3, -0.25) is 0 Å². The van der Waals surface area contributed by atoms with Crippen LogP contribution in [0.4, 0.5) is 0 Å². The lowest BCUT2D eigenvalue weighted by Gasteiger charge is -2.18. The van der Waals surface area contributed by atoms with Crippen molar-refractivity contribution in [2.24, 2.45) is 0 Å². The Balaban J connectivity index is 1.91. The van der Waals surface area contributed by atoms with E-state index in [0.29, 0.717) is 12.8 Å². The summed E-state index contributed by atoms with van der Waals surface area (Å²) in [4.78, 5) is 0. The molecule has 0 aromatic heterocycles. The van der Waals surface area contributed by atoms with Crippen molar-refractivity contribution in [3.63, 3.8) is 0 Å². The molecule has 1 aliphatic heterocycles. The SMILES string of the molecule is CCCCC(CCC)NCc1cccc2c1OCO2. The van der Waals surface area contributed by atoms with E-state index in [4.69, 9.17) is 9.47 Å². The number of benzene rings is 1. The first-order chi connectivity index (χ1) is 9.35. The van der Waals surface area contributed by atoms with Gasteiger partial charge in [-0.05, 0) is 18.9 Å². The van der Waals surface area contributed by atoms with Gasteiger partial charge in [-0.15, -0.1) is 0 Å². The zero-order valence-electron chi connectivity index (χ0n) is 12.1. The van der Waals surface area contributed by atoms with Crippen molar-refractivity contribution < 1.29 is 9.47 Å². The molecular formula is C16H25NO2. The molecule has 0 spiro atoms. The van der Waals surface area contributed by atoms with Crippen LogP contribution in [-0.4, -0.2) is 12.8 Å². The summed E-state index contributed by atoms with van der Waals surface area (Å²) in [5, 5.41) is 3.67. The summed E-state index contributed by atoms with van der Waals surface area (Å²) >= 11 is 0. The van der Waals surface area contributed by atoms with Crippen LogP contribution in [0.1, 0.15) is 51.5 Å². The van der Waals surface area contributed by atoms with E-state index in [2.05, 4.69) is 25.2 Å². The van der Waals surface area contributed by atoms with E-state index in [9.17, 15) is 0 Å². The first-order valence-corrected chi connectivity index (χ1v) is 7.46. The van der Waals surface area contributed by atoms with Crippen molar-refractivity contribution in [1.82, 2.24) is 5.32 Å². The zero-order chi connectivity index (χ0) is 13.5. The van der Waals surface area contributed by atoms with Crippen molar-refractivity contribution in [3.05, 3.63) is 23.8 Å². The smallest absolute Gasteiger partial charge is 0.231 e. The molecule has 1 heterocycles. The van der Waals surface area contributed by atoms with Crippen LogP contribution in [0, 0.1) is 0 Å². The summed E-state index contributed by atoms with van der Waals surface area (Å²) in [6.45, 7) is 5.71. The number of ether oxygens (including phenoxy) is 2. The largest absolute Gasteiger partial charge is 0.454 e. The number of unbranched alkanes of at least 4 members (excludes halogenated alkanes) is 1. The number of rotatable bonds is 8. The molecule has 1 unspecified atom stereocenters. The van der Waals surface area contributed by atoms with Crippen LogP contribution in [0.25, 0.3) is 0 Å². The predicted molar refractivity (Wildman–Crippen MR) is 77.6 cm³/mol. The summed E-state index contributed by atoms with van der Waals surface area (Å²) in [5.41, 5.74) is 1.20. The second-order valence-electron chi connectivity index (χ2n) is 5.16. The Hall–Kier alpha value is -1.22. The molecule has 19 heavy (non-hydrogen) atoms. The average molecular weight is 263 g/mol. The molecule has 3 nitrogen and oxygen atoms in total. The molecule has 1 aromatic carbocycles. The van der Waals surface area contributed by atoms with E-state index >= 15 is 0 Å². The van der Waals surface area contributed by atoms with E-state index in [0.717, 1.165) is 18.0 Å². The normalized spacial score (nSPS) is 14.6. The molecule has 0 fully saturated rings. The van der Waals surface area contributed by atoms with Crippen molar-refractivity contribution in [1.29, 1.82) is 0 Å². The van der Waals surface area contributed by atoms with Crippen LogP contribution in [0.3, 0.4) is 0 Å². The third-order valence-corrected chi connectivity index (χ3v) is 3.60. The maximum atomic E-state index is 5.54. The number of fused-ring (bicyclic) bond motifs is 1. The molecular weight excluding hydrogens is 238 g/mol. The number of nitrogens with one attached hydrogen (secondary N) is 1. The van der Waals surface area contributed by atoms with Crippen LogP contribution in [0.15, 0.2) is 18.2 Å². The quantitative estimate of drug-likeness (QED) is 0.772. The number of hydrogen-bond donors (Lipinski definition) is 1. The highest BCUT2D eigenvalue weighted by Gasteiger charge is 2.17. The summed E-state index contributed by atoms with van der Waals surface area (Å²) in [7, 11) is 0. The van der Waals surface area contributed by atoms with E-state index in [1.165, 1.54) is 37.7 Å². The van der Waals surface area contributed by atoms with Gasteiger partial charge in [0.15, 0.2) is 11.5 Å². The molecule has 106 valence electrons. The molecule has 3 heteroatoms. The molecule has 0 aliphatic carbocycles. The summed E-state index contributed by atoms with van der Waals surface area (Å²) in [6.07, 6.45) is 6.29. The Bertz CT molecular complexity index is 392. The van der Waals surface area contributed by atoms with E-state index in [1.807, 2.05) is 12.1 Å².